The predicted octanol–water partition coefficient (Wildman–Crippen LogP) is 1.73. The molecule has 0 spiro atoms. The summed E-state index contributed by atoms with van der Waals surface area (Å²) in [7, 11) is 0. The van der Waals surface area contributed by atoms with E-state index in [-0.39, 0.29) is 24.7 Å². The topological polar surface area (TPSA) is 133 Å². The average Bonchev–Trinajstić information content (AvgIpc) is 3.15. The van der Waals surface area contributed by atoms with Gasteiger partial charge in [-0.3, -0.25) is 19.9 Å². The van der Waals surface area contributed by atoms with Crippen molar-refractivity contribution in [3.05, 3.63) is 64.8 Å². The fraction of sp³-hybridized carbons (Fsp3) is 0.125. The quantitative estimate of drug-likeness (QED) is 0.500. The van der Waals surface area contributed by atoms with Crippen LogP contribution in [-0.2, 0) is 11.3 Å². The first-order valence-electron chi connectivity index (χ1n) is 7.49. The number of aromatic nitrogens is 3. The van der Waals surface area contributed by atoms with Crippen molar-refractivity contribution in [1.82, 2.24) is 20.4 Å². The maximum atomic E-state index is 11.8. The van der Waals surface area contributed by atoms with Gasteiger partial charge in [0.2, 0.25) is 11.7 Å². The Balaban J connectivity index is 1.47. The van der Waals surface area contributed by atoms with Gasteiger partial charge < -0.3 is 14.6 Å². The number of nitro groups is 1. The van der Waals surface area contributed by atoms with Crippen LogP contribution in [0, 0.1) is 10.1 Å². The minimum atomic E-state index is -0.513. The van der Waals surface area contributed by atoms with Crippen LogP contribution in [0.15, 0.2) is 53.3 Å². The molecule has 0 aliphatic heterocycles. The van der Waals surface area contributed by atoms with Crippen molar-refractivity contribution in [2.24, 2.45) is 0 Å². The highest BCUT2D eigenvalue weighted by Crippen LogP contribution is 2.17. The highest BCUT2D eigenvalue weighted by molar-refractivity contribution is 5.77. The summed E-state index contributed by atoms with van der Waals surface area (Å²) in [6.07, 6.45) is 3.23. The van der Waals surface area contributed by atoms with Gasteiger partial charge in [0, 0.05) is 30.1 Å². The maximum Gasteiger partial charge on any atom is 0.269 e. The molecule has 0 atom stereocenters. The monoisotopic (exact) mass is 355 g/mol. The Morgan fingerprint density at radius 1 is 1.19 bits per heavy atom. The average molecular weight is 355 g/mol. The molecule has 0 radical (unpaired) electrons. The lowest BCUT2D eigenvalue weighted by molar-refractivity contribution is -0.384. The Kier molecular flexibility index (Phi) is 5.13. The lowest BCUT2D eigenvalue weighted by Crippen LogP contribution is -2.28. The first-order valence-corrected chi connectivity index (χ1v) is 7.49. The number of hydrogen-bond acceptors (Lipinski definition) is 8. The number of nitrogens with zero attached hydrogens (tertiary/aromatic N) is 4. The molecule has 2 aromatic heterocycles. The number of carbonyl (C=O) groups excluding carboxylic acids is 1. The van der Waals surface area contributed by atoms with Crippen LogP contribution in [0.3, 0.4) is 0 Å². The zero-order valence-corrected chi connectivity index (χ0v) is 13.4. The maximum absolute atomic E-state index is 11.8. The van der Waals surface area contributed by atoms with Gasteiger partial charge in [0.1, 0.15) is 5.75 Å². The number of non-ortho nitro benzene ring substituents is 1. The Morgan fingerprint density at radius 2 is 1.92 bits per heavy atom. The van der Waals surface area contributed by atoms with Crippen molar-refractivity contribution < 1.29 is 19.0 Å². The highest BCUT2D eigenvalue weighted by Gasteiger charge is 2.10. The number of amides is 1. The van der Waals surface area contributed by atoms with Crippen LogP contribution in [-0.4, -0.2) is 32.6 Å². The number of rotatable bonds is 7. The van der Waals surface area contributed by atoms with Crippen LogP contribution in [0.4, 0.5) is 5.69 Å². The number of benzene rings is 1. The van der Waals surface area contributed by atoms with Gasteiger partial charge in [0.05, 0.1) is 11.5 Å². The molecule has 1 aromatic carbocycles. The van der Waals surface area contributed by atoms with Gasteiger partial charge in [0.25, 0.3) is 11.6 Å². The number of ether oxygens (including phenoxy) is 1. The van der Waals surface area contributed by atoms with E-state index in [1.165, 1.54) is 24.3 Å². The summed E-state index contributed by atoms with van der Waals surface area (Å²) in [5.41, 5.74) is 0.700. The van der Waals surface area contributed by atoms with Gasteiger partial charge in [-0.1, -0.05) is 5.16 Å². The van der Waals surface area contributed by atoms with Crippen LogP contribution < -0.4 is 10.1 Å². The minimum Gasteiger partial charge on any atom is -0.484 e. The Labute approximate surface area is 147 Å². The molecule has 26 heavy (non-hydrogen) atoms. The second-order valence-corrected chi connectivity index (χ2v) is 5.06. The van der Waals surface area contributed by atoms with Crippen molar-refractivity contribution in [1.29, 1.82) is 0 Å². The third-order valence-corrected chi connectivity index (χ3v) is 3.26. The summed E-state index contributed by atoms with van der Waals surface area (Å²) in [4.78, 5) is 29.9. The second kappa shape index (κ2) is 7.83. The molecule has 0 saturated carbocycles. The van der Waals surface area contributed by atoms with Crippen LogP contribution >= 0.6 is 0 Å². The number of nitro benzene ring substituents is 1. The predicted molar refractivity (Wildman–Crippen MR) is 88.0 cm³/mol. The van der Waals surface area contributed by atoms with Crippen molar-refractivity contribution in [2.75, 3.05) is 6.61 Å². The van der Waals surface area contributed by atoms with Crippen LogP contribution in [0.5, 0.6) is 5.75 Å². The number of carbonyl (C=O) groups is 1. The molecule has 10 nitrogen and oxygen atoms in total. The minimum absolute atomic E-state index is 0.0526. The zero-order valence-electron chi connectivity index (χ0n) is 13.4. The number of hydrogen-bond donors (Lipinski definition) is 1. The van der Waals surface area contributed by atoms with E-state index in [1.54, 1.807) is 24.5 Å². The summed E-state index contributed by atoms with van der Waals surface area (Å²) < 4.78 is 10.3. The van der Waals surface area contributed by atoms with Crippen LogP contribution in [0.2, 0.25) is 0 Å². The van der Waals surface area contributed by atoms with Gasteiger partial charge in [0.15, 0.2) is 6.61 Å². The van der Waals surface area contributed by atoms with E-state index in [2.05, 4.69) is 20.4 Å². The summed E-state index contributed by atoms with van der Waals surface area (Å²) in [5.74, 6) is 0.606. The van der Waals surface area contributed by atoms with E-state index >= 15 is 0 Å². The highest BCUT2D eigenvalue weighted by atomic mass is 16.6. The van der Waals surface area contributed by atoms with E-state index in [9.17, 15) is 14.9 Å². The lowest BCUT2D eigenvalue weighted by Gasteiger charge is -2.05. The molecule has 3 rings (SSSR count). The molecule has 0 aliphatic rings. The summed E-state index contributed by atoms with van der Waals surface area (Å²) in [6.45, 7) is -0.191. The molecule has 132 valence electrons. The summed E-state index contributed by atoms with van der Waals surface area (Å²) in [6, 6.07) is 8.92. The molecule has 0 fully saturated rings. The third-order valence-electron chi connectivity index (χ3n) is 3.26. The molecule has 3 aromatic rings. The van der Waals surface area contributed by atoms with E-state index in [0.29, 0.717) is 11.6 Å². The lowest BCUT2D eigenvalue weighted by atomic mass is 10.2. The first kappa shape index (κ1) is 17.0. The first-order chi connectivity index (χ1) is 12.6. The Bertz CT molecular complexity index is 895. The molecule has 2 heterocycles. The molecule has 1 N–H and O–H groups in total. The summed E-state index contributed by atoms with van der Waals surface area (Å²) in [5, 5.41) is 17.0. The van der Waals surface area contributed by atoms with Gasteiger partial charge in [-0.2, -0.15) is 4.98 Å². The molecule has 0 aliphatic carbocycles. The molecule has 10 heteroatoms. The normalized spacial score (nSPS) is 10.3. The number of nitrogens with one attached hydrogen (secondary N) is 1. The van der Waals surface area contributed by atoms with Gasteiger partial charge in [-0.05, 0) is 24.3 Å². The molecule has 1 amide bonds. The van der Waals surface area contributed by atoms with Crippen molar-refractivity contribution in [2.45, 2.75) is 6.54 Å². The largest absolute Gasteiger partial charge is 0.484 e. The standard InChI is InChI=1S/C16H13N5O5/c22-14(10-25-13-3-1-12(2-4-13)21(23)24)18-9-15-19-16(20-26-15)11-5-7-17-8-6-11/h1-8H,9-10H2,(H,18,22). The SMILES string of the molecule is O=C(COc1ccc([N+](=O)[O-])cc1)NCc1nc(-c2ccncc2)no1. The number of pyridine rings is 1. The van der Waals surface area contributed by atoms with Crippen molar-refractivity contribution in [3.8, 4) is 17.1 Å². The van der Waals surface area contributed by atoms with E-state index < -0.39 is 10.8 Å². The molecule has 0 saturated heterocycles. The van der Waals surface area contributed by atoms with Gasteiger partial charge in [-0.25, -0.2) is 0 Å². The fourth-order valence-electron chi connectivity index (χ4n) is 1.98. The third kappa shape index (κ3) is 4.38. The Hall–Kier alpha value is -3.82. The zero-order chi connectivity index (χ0) is 18.4. The fourth-order valence-corrected chi connectivity index (χ4v) is 1.98. The van der Waals surface area contributed by atoms with Gasteiger partial charge in [-0.15, -0.1) is 0 Å². The van der Waals surface area contributed by atoms with Crippen molar-refractivity contribution in [3.63, 3.8) is 0 Å². The second-order valence-electron chi connectivity index (χ2n) is 5.06. The van der Waals surface area contributed by atoms with Crippen LogP contribution in [0.1, 0.15) is 5.89 Å². The van der Waals surface area contributed by atoms with E-state index in [1.807, 2.05) is 0 Å². The Morgan fingerprint density at radius 3 is 2.62 bits per heavy atom. The van der Waals surface area contributed by atoms with Gasteiger partial charge >= 0.3 is 0 Å². The van der Waals surface area contributed by atoms with Crippen LogP contribution in [0.25, 0.3) is 11.4 Å². The summed E-state index contributed by atoms with van der Waals surface area (Å²) >= 11 is 0. The molecule has 0 bridgehead atoms. The van der Waals surface area contributed by atoms with E-state index in [4.69, 9.17) is 9.26 Å². The smallest absolute Gasteiger partial charge is 0.269 e. The van der Waals surface area contributed by atoms with E-state index in [0.717, 1.165) is 5.56 Å². The molecular weight excluding hydrogens is 342 g/mol. The molecular formula is C16H13N5O5. The van der Waals surface area contributed by atoms with Crippen molar-refractivity contribution >= 4 is 11.6 Å². The molecule has 0 unspecified atom stereocenters.